The molecule has 0 radical (unpaired) electrons. The number of hydrogen-bond donors (Lipinski definition) is 1. The molecular formula is C15H18N2OS. The molecule has 0 atom stereocenters. The van der Waals surface area contributed by atoms with Crippen LogP contribution in [0.25, 0.3) is 10.2 Å². The largest absolute Gasteiger partial charge is 0.347 e. The number of nitrogens with zero attached hydrogens (tertiary/aromatic N) is 1. The second-order valence-electron chi connectivity index (χ2n) is 5.01. The fourth-order valence-corrected chi connectivity index (χ4v) is 3.74. The standard InChI is InChI=1S/C15H18N2OS/c1-2-8-16-15(18)13-10-14-12(7-9-19-14)17(13)11-5-3-4-6-11/h2,7,9-11H,1,3-6,8H2,(H,16,18). The van der Waals surface area contributed by atoms with Crippen LogP contribution < -0.4 is 5.32 Å². The first-order valence-electron chi connectivity index (χ1n) is 6.79. The molecule has 4 heteroatoms. The molecule has 0 saturated heterocycles. The molecule has 0 unspecified atom stereocenters. The lowest BCUT2D eigenvalue weighted by atomic mass is 10.2. The maximum Gasteiger partial charge on any atom is 0.268 e. The van der Waals surface area contributed by atoms with Gasteiger partial charge in [-0.1, -0.05) is 18.9 Å². The third-order valence-corrected chi connectivity index (χ3v) is 4.64. The Morgan fingerprint density at radius 1 is 1.53 bits per heavy atom. The summed E-state index contributed by atoms with van der Waals surface area (Å²) in [6, 6.07) is 4.64. The molecule has 1 saturated carbocycles. The summed E-state index contributed by atoms with van der Waals surface area (Å²) >= 11 is 1.70. The van der Waals surface area contributed by atoms with Gasteiger partial charge >= 0.3 is 0 Å². The van der Waals surface area contributed by atoms with Crippen molar-refractivity contribution in [1.29, 1.82) is 0 Å². The predicted octanol–water partition coefficient (Wildman–Crippen LogP) is 3.73. The first-order chi connectivity index (χ1) is 9.31. The van der Waals surface area contributed by atoms with Crippen LogP contribution in [0.4, 0.5) is 0 Å². The Morgan fingerprint density at radius 3 is 3.05 bits per heavy atom. The third-order valence-electron chi connectivity index (χ3n) is 3.79. The maximum absolute atomic E-state index is 12.3. The van der Waals surface area contributed by atoms with Crippen LogP contribution in [0.2, 0.25) is 0 Å². The van der Waals surface area contributed by atoms with Crippen molar-refractivity contribution < 1.29 is 4.79 Å². The summed E-state index contributed by atoms with van der Waals surface area (Å²) in [6.45, 7) is 4.16. The van der Waals surface area contributed by atoms with Gasteiger partial charge in [0.15, 0.2) is 0 Å². The summed E-state index contributed by atoms with van der Waals surface area (Å²) < 4.78 is 3.45. The summed E-state index contributed by atoms with van der Waals surface area (Å²) in [4.78, 5) is 12.3. The lowest BCUT2D eigenvalue weighted by molar-refractivity contribution is 0.0947. The third kappa shape index (κ3) is 2.21. The van der Waals surface area contributed by atoms with Gasteiger partial charge in [0, 0.05) is 12.6 Å². The van der Waals surface area contributed by atoms with Crippen molar-refractivity contribution >= 4 is 27.5 Å². The van der Waals surface area contributed by atoms with Crippen LogP contribution in [0.3, 0.4) is 0 Å². The second-order valence-corrected chi connectivity index (χ2v) is 5.95. The van der Waals surface area contributed by atoms with E-state index in [1.54, 1.807) is 17.4 Å². The lowest BCUT2D eigenvalue weighted by Crippen LogP contribution is -2.26. The minimum absolute atomic E-state index is 0.00944. The zero-order chi connectivity index (χ0) is 13.2. The molecule has 2 aromatic rings. The van der Waals surface area contributed by atoms with Gasteiger partial charge in [0.05, 0.1) is 10.2 Å². The Kier molecular flexibility index (Phi) is 3.42. The highest BCUT2D eigenvalue weighted by Gasteiger charge is 2.24. The number of aromatic nitrogens is 1. The lowest BCUT2D eigenvalue weighted by Gasteiger charge is -2.16. The highest BCUT2D eigenvalue weighted by Crippen LogP contribution is 2.36. The highest BCUT2D eigenvalue weighted by molar-refractivity contribution is 7.17. The van der Waals surface area contributed by atoms with Crippen molar-refractivity contribution in [2.45, 2.75) is 31.7 Å². The number of fused-ring (bicyclic) bond motifs is 1. The van der Waals surface area contributed by atoms with E-state index in [0.717, 1.165) is 5.69 Å². The van der Waals surface area contributed by atoms with E-state index in [4.69, 9.17) is 0 Å². The monoisotopic (exact) mass is 274 g/mol. The van der Waals surface area contributed by atoms with Gasteiger partial charge in [0.1, 0.15) is 5.69 Å². The van der Waals surface area contributed by atoms with E-state index < -0.39 is 0 Å². The van der Waals surface area contributed by atoms with E-state index in [-0.39, 0.29) is 5.91 Å². The fourth-order valence-electron chi connectivity index (χ4n) is 2.93. The van der Waals surface area contributed by atoms with Crippen LogP contribution in [0.5, 0.6) is 0 Å². The first-order valence-corrected chi connectivity index (χ1v) is 7.66. The number of hydrogen-bond acceptors (Lipinski definition) is 2. The topological polar surface area (TPSA) is 34.0 Å². The van der Waals surface area contributed by atoms with Gasteiger partial charge in [0.2, 0.25) is 0 Å². The molecular weight excluding hydrogens is 256 g/mol. The van der Waals surface area contributed by atoms with E-state index in [1.807, 2.05) is 6.07 Å². The summed E-state index contributed by atoms with van der Waals surface area (Å²) in [5, 5.41) is 4.99. The van der Waals surface area contributed by atoms with Crippen LogP contribution in [-0.2, 0) is 0 Å². The Labute approximate surface area is 116 Å². The van der Waals surface area contributed by atoms with E-state index in [0.29, 0.717) is 12.6 Å². The maximum atomic E-state index is 12.3. The van der Waals surface area contributed by atoms with E-state index in [1.165, 1.54) is 35.9 Å². The first kappa shape index (κ1) is 12.5. The molecule has 2 aromatic heterocycles. The van der Waals surface area contributed by atoms with Crippen LogP contribution in [0.1, 0.15) is 42.2 Å². The summed E-state index contributed by atoms with van der Waals surface area (Å²) in [7, 11) is 0. The van der Waals surface area contributed by atoms with Crippen LogP contribution >= 0.6 is 11.3 Å². The number of carbonyl (C=O) groups is 1. The SMILES string of the molecule is C=CCNC(=O)c1cc2sccc2n1C1CCCC1. The van der Waals surface area contributed by atoms with Gasteiger partial charge in [-0.3, -0.25) is 4.79 Å². The van der Waals surface area contributed by atoms with Gasteiger partial charge < -0.3 is 9.88 Å². The number of nitrogens with one attached hydrogen (secondary N) is 1. The van der Waals surface area contributed by atoms with Gasteiger partial charge in [-0.15, -0.1) is 17.9 Å². The summed E-state index contributed by atoms with van der Waals surface area (Å²) in [6.07, 6.45) is 6.61. The minimum Gasteiger partial charge on any atom is -0.347 e. The molecule has 3 rings (SSSR count). The molecule has 1 fully saturated rings. The zero-order valence-electron chi connectivity index (χ0n) is 10.9. The quantitative estimate of drug-likeness (QED) is 0.847. The van der Waals surface area contributed by atoms with Gasteiger partial charge in [-0.05, 0) is 30.4 Å². The Bertz CT molecular complexity index is 605. The van der Waals surface area contributed by atoms with Crippen molar-refractivity contribution in [3.8, 4) is 0 Å². The normalized spacial score (nSPS) is 16.0. The van der Waals surface area contributed by atoms with Gasteiger partial charge in [-0.2, -0.15) is 0 Å². The molecule has 0 spiro atoms. The average molecular weight is 274 g/mol. The van der Waals surface area contributed by atoms with Gasteiger partial charge in [-0.25, -0.2) is 0 Å². The molecule has 1 N–H and O–H groups in total. The van der Waals surface area contributed by atoms with Crippen molar-refractivity contribution in [2.75, 3.05) is 6.54 Å². The van der Waals surface area contributed by atoms with E-state index in [2.05, 4.69) is 27.9 Å². The average Bonchev–Trinajstić information content (AvgIpc) is 3.09. The predicted molar refractivity (Wildman–Crippen MR) is 79.9 cm³/mol. The molecule has 3 nitrogen and oxygen atoms in total. The minimum atomic E-state index is 0.00944. The Balaban J connectivity index is 2.01. The number of rotatable bonds is 4. The number of carbonyl (C=O) groups excluding carboxylic acids is 1. The van der Waals surface area contributed by atoms with Crippen LogP contribution in [0.15, 0.2) is 30.2 Å². The number of amides is 1. The van der Waals surface area contributed by atoms with Gasteiger partial charge in [0.25, 0.3) is 5.91 Å². The molecule has 0 bridgehead atoms. The molecule has 1 aliphatic carbocycles. The second kappa shape index (κ2) is 5.21. The fraction of sp³-hybridized carbons (Fsp3) is 0.400. The molecule has 2 heterocycles. The Hall–Kier alpha value is -1.55. The van der Waals surface area contributed by atoms with Crippen molar-refractivity contribution in [1.82, 2.24) is 9.88 Å². The van der Waals surface area contributed by atoms with Crippen molar-refractivity contribution in [3.63, 3.8) is 0 Å². The summed E-state index contributed by atoms with van der Waals surface area (Å²) in [5.74, 6) is 0.00944. The molecule has 0 aromatic carbocycles. The smallest absolute Gasteiger partial charge is 0.268 e. The highest BCUT2D eigenvalue weighted by atomic mass is 32.1. The molecule has 1 aliphatic rings. The van der Waals surface area contributed by atoms with Crippen LogP contribution in [-0.4, -0.2) is 17.0 Å². The Morgan fingerprint density at radius 2 is 2.32 bits per heavy atom. The van der Waals surface area contributed by atoms with Crippen molar-refractivity contribution in [3.05, 3.63) is 35.9 Å². The summed E-state index contributed by atoms with van der Waals surface area (Å²) in [5.41, 5.74) is 2.01. The molecule has 100 valence electrons. The van der Waals surface area contributed by atoms with Crippen molar-refractivity contribution in [2.24, 2.45) is 0 Å². The molecule has 0 aliphatic heterocycles. The van der Waals surface area contributed by atoms with Crippen LogP contribution in [0, 0.1) is 0 Å². The molecule has 19 heavy (non-hydrogen) atoms. The van der Waals surface area contributed by atoms with E-state index in [9.17, 15) is 4.79 Å². The molecule has 1 amide bonds. The zero-order valence-corrected chi connectivity index (χ0v) is 11.7. The number of thiophene rings is 1. The van der Waals surface area contributed by atoms with E-state index >= 15 is 0 Å².